The van der Waals surface area contributed by atoms with Gasteiger partial charge >= 0.3 is 0 Å². The molecule has 7 nitrogen and oxygen atoms in total. The second kappa shape index (κ2) is 8.39. The summed E-state index contributed by atoms with van der Waals surface area (Å²) in [6, 6.07) is 7.52. The van der Waals surface area contributed by atoms with Crippen LogP contribution >= 0.6 is 11.3 Å². The van der Waals surface area contributed by atoms with Crippen LogP contribution in [0, 0.1) is 20.8 Å². The van der Waals surface area contributed by atoms with E-state index in [1.807, 2.05) is 45.0 Å². The van der Waals surface area contributed by atoms with E-state index < -0.39 is 0 Å². The maximum atomic E-state index is 13.2. The van der Waals surface area contributed by atoms with E-state index in [4.69, 9.17) is 4.74 Å². The second-order valence-corrected chi connectivity index (χ2v) is 8.31. The number of aryl methyl sites for hydroxylation is 3. The smallest absolute Gasteiger partial charge is 0.277 e. The Kier molecular flexibility index (Phi) is 6.07. The van der Waals surface area contributed by atoms with Crippen molar-refractivity contribution in [3.05, 3.63) is 62.0 Å². The lowest BCUT2D eigenvalue weighted by Crippen LogP contribution is -2.29. The third-order valence-electron chi connectivity index (χ3n) is 5.43. The molecule has 158 valence electrons. The highest BCUT2D eigenvalue weighted by molar-refractivity contribution is 7.17. The van der Waals surface area contributed by atoms with Crippen LogP contribution in [0.3, 0.4) is 0 Å². The highest BCUT2D eigenvalue weighted by atomic mass is 32.1. The number of benzene rings is 1. The van der Waals surface area contributed by atoms with Gasteiger partial charge in [0, 0.05) is 14.1 Å². The zero-order chi connectivity index (χ0) is 22.2. The van der Waals surface area contributed by atoms with E-state index in [1.54, 1.807) is 33.0 Å². The van der Waals surface area contributed by atoms with Gasteiger partial charge in [-0.2, -0.15) is 5.10 Å². The van der Waals surface area contributed by atoms with Gasteiger partial charge in [0.15, 0.2) is 0 Å². The van der Waals surface area contributed by atoms with Gasteiger partial charge in [0.1, 0.15) is 15.6 Å². The van der Waals surface area contributed by atoms with Crippen LogP contribution < -0.4 is 10.3 Å². The zero-order valence-corrected chi connectivity index (χ0v) is 19.1. The Labute approximate surface area is 180 Å². The molecule has 0 N–H and O–H groups in total. The summed E-state index contributed by atoms with van der Waals surface area (Å²) in [5.41, 5.74) is 3.45. The van der Waals surface area contributed by atoms with Crippen LogP contribution in [0.15, 0.2) is 29.1 Å². The normalized spacial score (nSPS) is 12.0. The summed E-state index contributed by atoms with van der Waals surface area (Å²) in [5, 5.41) is 4.76. The topological polar surface area (TPSA) is 77.3 Å². The summed E-state index contributed by atoms with van der Waals surface area (Å²) in [6.45, 7) is 7.49. The molecule has 3 aromatic rings. The summed E-state index contributed by atoms with van der Waals surface area (Å²) < 4.78 is 6.52. The Morgan fingerprint density at radius 3 is 2.40 bits per heavy atom. The molecule has 3 rings (SSSR count). The molecule has 0 spiro atoms. The number of rotatable bonds is 5. The summed E-state index contributed by atoms with van der Waals surface area (Å²) >= 11 is 1.25. The Balaban J connectivity index is 1.95. The molecule has 0 aliphatic carbocycles. The van der Waals surface area contributed by atoms with Gasteiger partial charge in [-0.1, -0.05) is 12.1 Å². The number of amides is 1. The minimum absolute atomic E-state index is 0.125. The first-order valence-electron chi connectivity index (χ1n) is 9.59. The number of carbonyl (C=O) groups excluding carboxylic acids is 1. The van der Waals surface area contributed by atoms with Crippen molar-refractivity contribution in [2.75, 3.05) is 14.2 Å². The highest BCUT2D eigenvalue weighted by Crippen LogP contribution is 2.31. The van der Waals surface area contributed by atoms with Gasteiger partial charge in [-0.3, -0.25) is 9.59 Å². The number of hydrogen-bond acceptors (Lipinski definition) is 6. The van der Waals surface area contributed by atoms with Crippen molar-refractivity contribution in [2.45, 2.75) is 33.7 Å². The average molecular weight is 427 g/mol. The maximum Gasteiger partial charge on any atom is 0.277 e. The molecule has 2 heterocycles. The summed E-state index contributed by atoms with van der Waals surface area (Å²) in [4.78, 5) is 32.7. The van der Waals surface area contributed by atoms with Gasteiger partial charge in [-0.05, 0) is 51.0 Å². The molecule has 30 heavy (non-hydrogen) atoms. The minimum atomic E-state index is -0.217. The van der Waals surface area contributed by atoms with Crippen LogP contribution in [0.4, 0.5) is 0 Å². The van der Waals surface area contributed by atoms with Crippen LogP contribution in [-0.4, -0.2) is 39.7 Å². The lowest BCUT2D eigenvalue weighted by molar-refractivity contribution is 0.0746. The van der Waals surface area contributed by atoms with Gasteiger partial charge in [0.05, 0.1) is 30.1 Å². The second-order valence-electron chi connectivity index (χ2n) is 7.31. The minimum Gasteiger partial charge on any atom is -0.497 e. The number of carbonyl (C=O) groups is 1. The number of methoxy groups -OCH3 is 1. The van der Waals surface area contributed by atoms with Gasteiger partial charge in [0.25, 0.3) is 11.5 Å². The van der Waals surface area contributed by atoms with Crippen molar-refractivity contribution < 1.29 is 9.53 Å². The van der Waals surface area contributed by atoms with Crippen molar-refractivity contribution in [1.82, 2.24) is 19.7 Å². The molecule has 0 aliphatic rings. The lowest BCUT2D eigenvalue weighted by atomic mass is 10.1. The standard InChI is InChI=1S/C22H26N4O3S/c1-12-13(2)24-26(6)21(27)18(12)20-23-14(3)19(30-20)22(28)25(5)15(4)16-8-10-17(29-7)11-9-16/h8-11,15H,1-7H3. The van der Waals surface area contributed by atoms with Crippen LogP contribution in [-0.2, 0) is 7.05 Å². The highest BCUT2D eigenvalue weighted by Gasteiger charge is 2.25. The molecule has 1 amide bonds. The largest absolute Gasteiger partial charge is 0.497 e. The third kappa shape index (κ3) is 3.87. The monoisotopic (exact) mass is 426 g/mol. The first-order valence-corrected chi connectivity index (χ1v) is 10.4. The molecule has 1 unspecified atom stereocenters. The van der Waals surface area contributed by atoms with E-state index >= 15 is 0 Å². The fourth-order valence-electron chi connectivity index (χ4n) is 3.24. The van der Waals surface area contributed by atoms with Crippen LogP contribution in [0.2, 0.25) is 0 Å². The summed E-state index contributed by atoms with van der Waals surface area (Å²) in [5.74, 6) is 0.646. The Morgan fingerprint density at radius 1 is 1.17 bits per heavy atom. The fourth-order valence-corrected chi connectivity index (χ4v) is 4.39. The number of ether oxygens (including phenoxy) is 1. The molecule has 1 aromatic carbocycles. The Morgan fingerprint density at radius 2 is 1.80 bits per heavy atom. The quantitative estimate of drug-likeness (QED) is 0.622. The molecule has 0 bridgehead atoms. The molecule has 0 saturated heterocycles. The number of aromatic nitrogens is 3. The van der Waals surface area contributed by atoms with Crippen molar-refractivity contribution in [3.63, 3.8) is 0 Å². The molecular weight excluding hydrogens is 400 g/mol. The molecule has 1 atom stereocenters. The van der Waals surface area contributed by atoms with E-state index in [9.17, 15) is 9.59 Å². The van der Waals surface area contributed by atoms with E-state index in [2.05, 4.69) is 10.1 Å². The van der Waals surface area contributed by atoms with E-state index in [0.29, 0.717) is 21.1 Å². The maximum absolute atomic E-state index is 13.2. The molecule has 0 radical (unpaired) electrons. The van der Waals surface area contributed by atoms with Crippen LogP contribution in [0.5, 0.6) is 5.75 Å². The van der Waals surface area contributed by atoms with Crippen molar-refractivity contribution in [2.24, 2.45) is 7.05 Å². The SMILES string of the molecule is COc1ccc(C(C)N(C)C(=O)c2sc(-c3c(C)c(C)nn(C)c3=O)nc2C)cc1. The Bertz CT molecular complexity index is 1150. The molecule has 0 fully saturated rings. The predicted octanol–water partition coefficient (Wildman–Crippen LogP) is 3.67. The molecule has 8 heteroatoms. The summed E-state index contributed by atoms with van der Waals surface area (Å²) in [7, 11) is 5.02. The lowest BCUT2D eigenvalue weighted by Gasteiger charge is -2.25. The number of thiazole rings is 1. The number of hydrogen-bond donors (Lipinski definition) is 0. The van der Waals surface area contributed by atoms with E-state index in [1.165, 1.54) is 16.0 Å². The first kappa shape index (κ1) is 21.7. The average Bonchev–Trinajstić information content (AvgIpc) is 3.12. The molecule has 0 saturated carbocycles. The van der Waals surface area contributed by atoms with E-state index in [0.717, 1.165) is 22.6 Å². The molecule has 2 aromatic heterocycles. The number of nitrogens with zero attached hydrogens (tertiary/aromatic N) is 4. The van der Waals surface area contributed by atoms with Gasteiger partial charge in [-0.15, -0.1) is 11.3 Å². The summed E-state index contributed by atoms with van der Waals surface area (Å²) in [6.07, 6.45) is 0. The van der Waals surface area contributed by atoms with E-state index in [-0.39, 0.29) is 17.5 Å². The third-order valence-corrected chi connectivity index (χ3v) is 6.59. The fraction of sp³-hybridized carbons (Fsp3) is 0.364. The zero-order valence-electron chi connectivity index (χ0n) is 18.3. The van der Waals surface area contributed by atoms with Gasteiger partial charge in [-0.25, -0.2) is 9.67 Å². The molecule has 0 aliphatic heterocycles. The predicted molar refractivity (Wildman–Crippen MR) is 118 cm³/mol. The van der Waals surface area contributed by atoms with Gasteiger partial charge in [0.2, 0.25) is 0 Å². The first-order chi connectivity index (χ1) is 14.1. The van der Waals surface area contributed by atoms with Crippen molar-refractivity contribution in [3.8, 4) is 16.3 Å². The van der Waals surface area contributed by atoms with Crippen LogP contribution in [0.25, 0.3) is 10.6 Å². The Hall–Kier alpha value is -3.00. The van der Waals surface area contributed by atoms with Crippen LogP contribution in [0.1, 0.15) is 45.2 Å². The molecular formula is C22H26N4O3S. The van der Waals surface area contributed by atoms with Gasteiger partial charge < -0.3 is 9.64 Å². The van der Waals surface area contributed by atoms with Crippen molar-refractivity contribution in [1.29, 1.82) is 0 Å². The van der Waals surface area contributed by atoms with Crippen molar-refractivity contribution >= 4 is 17.2 Å².